The van der Waals surface area contributed by atoms with Crippen molar-refractivity contribution < 1.29 is 252 Å². The molecule has 5 aromatic rings. The summed E-state index contributed by atoms with van der Waals surface area (Å²) in [5.41, 5.74) is -0.986. The Morgan fingerprint density at radius 3 is 1.68 bits per heavy atom. The van der Waals surface area contributed by atoms with Crippen LogP contribution < -0.4 is 153 Å². The third-order valence-electron chi connectivity index (χ3n) is 6.65. The summed E-state index contributed by atoms with van der Waals surface area (Å²) in [4.78, 5) is -1.51. The van der Waals surface area contributed by atoms with Crippen LogP contribution in [-0.4, -0.2) is 99.0 Å². The molecule has 0 saturated carbocycles. The van der Waals surface area contributed by atoms with Crippen molar-refractivity contribution in [2.24, 2.45) is 20.5 Å². The zero-order valence-electron chi connectivity index (χ0n) is 34.3. The summed E-state index contributed by atoms with van der Waals surface area (Å²) in [6, 6.07) is 20.1. The predicted molar refractivity (Wildman–Crippen MR) is 199 cm³/mol. The molecule has 0 aliphatic carbocycles. The van der Waals surface area contributed by atoms with Crippen LogP contribution in [0.25, 0.3) is 21.5 Å². The Kier molecular flexibility index (Phi) is 37.6. The van der Waals surface area contributed by atoms with E-state index in [2.05, 4.69) is 44.8 Å². The smallest absolute Gasteiger partial charge is 0.747 e. The Balaban J connectivity index is -0.000000579. The molecule has 5 aromatic carbocycles. The minimum Gasteiger partial charge on any atom is -0.747 e. The molecule has 0 spiro atoms. The van der Waals surface area contributed by atoms with Crippen LogP contribution in [0, 0.1) is 19.1 Å². The molecule has 25 nitrogen and oxygen atoms in total. The molecule has 37 heteroatoms. The van der Waals surface area contributed by atoms with Crippen molar-refractivity contribution in [1.82, 2.24) is 0 Å². The molecule has 0 heterocycles. The van der Waals surface area contributed by atoms with Gasteiger partial charge in [0.05, 0.1) is 21.2 Å². The van der Waals surface area contributed by atoms with E-state index in [1.807, 2.05) is 0 Å². The van der Waals surface area contributed by atoms with Gasteiger partial charge in [0, 0.05) is 28.5 Å². The van der Waals surface area contributed by atoms with Crippen LogP contribution >= 0.6 is 0 Å². The summed E-state index contributed by atoms with van der Waals surface area (Å²) in [6.45, 7) is 3.27. The first kappa shape index (κ1) is 74.6. The molecule has 1 radical (unpaired) electrons. The van der Waals surface area contributed by atoms with Crippen molar-refractivity contribution in [2.45, 2.75) is 9.79 Å². The fourth-order valence-corrected chi connectivity index (χ4v) is 6.20. The van der Waals surface area contributed by atoms with Crippen molar-refractivity contribution >= 4 is 112 Å². The Morgan fingerprint density at radius 2 is 1.18 bits per heavy atom. The van der Waals surface area contributed by atoms with Gasteiger partial charge in [0.25, 0.3) is 0 Å². The maximum absolute atomic E-state index is 12.2. The number of rotatable bonds is 10. The van der Waals surface area contributed by atoms with E-state index >= 15 is 0 Å². The number of azo groups is 2. The number of hydrogen-bond acceptors (Lipinski definition) is 24. The minimum atomic E-state index is -5.28. The molecule has 0 fully saturated rings. The molecule has 0 unspecified atom stereocenters. The normalized spacial score (nSPS) is 10.7. The molecule has 0 atom stereocenters. The third-order valence-corrected chi connectivity index (χ3v) is 9.52. The molecule has 0 saturated heterocycles. The second kappa shape index (κ2) is 33.3. The molecule has 0 aromatic heterocycles. The number of phenols is 2. The summed E-state index contributed by atoms with van der Waals surface area (Å²) in [7, 11) is -25.2. The number of phenolic OH excluding ortho intramolecular Hbond substituents is 2. The first-order valence-corrected chi connectivity index (χ1v) is 22.7. The summed E-state index contributed by atoms with van der Waals surface area (Å²) >= 11 is 0. The molecule has 0 aliphatic heterocycles. The van der Waals surface area contributed by atoms with Gasteiger partial charge < -0.3 is 36.1 Å². The Labute approximate surface area is 500 Å². The number of nitrogens with zero attached hydrogens (tertiary/aromatic N) is 4. The van der Waals surface area contributed by atoms with Gasteiger partial charge in [0.1, 0.15) is 43.2 Å². The van der Waals surface area contributed by atoms with E-state index in [4.69, 9.17) is 42.8 Å². The number of benzene rings is 5. The first-order valence-electron chi connectivity index (χ1n) is 14.7. The average Bonchev–Trinajstić information content (AvgIpc) is 3.12. The molecular weight excluding hydrogens is 1110 g/mol. The van der Waals surface area contributed by atoms with Gasteiger partial charge in [-0.05, 0) is 30.3 Å². The van der Waals surface area contributed by atoms with Crippen LogP contribution in [0.5, 0.6) is 11.5 Å². The number of anilines is 1. The summed E-state index contributed by atoms with van der Waals surface area (Å²) in [5.74, 6) is -2.35. The van der Waals surface area contributed by atoms with Crippen molar-refractivity contribution in [2.75, 3.05) is 16.9 Å². The van der Waals surface area contributed by atoms with Crippen LogP contribution in [0.2, 0.25) is 0 Å². The van der Waals surface area contributed by atoms with E-state index in [0.29, 0.717) is 16.8 Å². The largest absolute Gasteiger partial charge is 1.00 e. The number of sulfone groups is 1. The fourth-order valence-electron chi connectivity index (χ4n) is 4.35. The molecular formula is C29H21CuN5Na5O20S6-. The van der Waals surface area contributed by atoms with Gasteiger partial charge in [-0.25, -0.2) is 33.7 Å². The van der Waals surface area contributed by atoms with Gasteiger partial charge in [0.2, 0.25) is 10.4 Å². The van der Waals surface area contributed by atoms with E-state index < -0.39 is 94.5 Å². The van der Waals surface area contributed by atoms with Crippen LogP contribution in [0.4, 0.5) is 28.4 Å². The van der Waals surface area contributed by atoms with E-state index in [-0.39, 0.29) is 204 Å². The first-order chi connectivity index (χ1) is 27.6. The van der Waals surface area contributed by atoms with Crippen LogP contribution in [-0.2, 0) is 78.8 Å². The van der Waals surface area contributed by atoms with E-state index in [9.17, 15) is 44.6 Å². The van der Waals surface area contributed by atoms with Crippen molar-refractivity contribution in [3.8, 4) is 11.5 Å². The summed E-state index contributed by atoms with van der Waals surface area (Å²) in [6.07, 6.45) is 0. The van der Waals surface area contributed by atoms with E-state index in [1.54, 1.807) is 24.3 Å². The van der Waals surface area contributed by atoms with Gasteiger partial charge in [-0.3, -0.25) is 4.55 Å². The van der Waals surface area contributed by atoms with Crippen molar-refractivity contribution in [1.29, 1.82) is 0 Å². The topological polar surface area (TPSA) is 430 Å². The third kappa shape index (κ3) is 26.2. The summed E-state index contributed by atoms with van der Waals surface area (Å²) < 4.78 is 178. The van der Waals surface area contributed by atoms with Gasteiger partial charge in [-0.2, -0.15) is 51.7 Å². The Bertz CT molecular complexity index is 3170. The number of fused-ring (bicyclic) bond motifs is 2. The van der Waals surface area contributed by atoms with Crippen LogP contribution in [0.3, 0.4) is 0 Å². The van der Waals surface area contributed by atoms with Crippen LogP contribution in [0.1, 0.15) is 0 Å². The van der Waals surface area contributed by atoms with E-state index in [0.717, 1.165) is 12.1 Å². The number of aromatic hydroxyl groups is 2. The molecule has 335 valence electrons. The van der Waals surface area contributed by atoms with Crippen molar-refractivity contribution in [3.05, 3.63) is 85.8 Å². The molecule has 4 N–H and O–H groups in total. The van der Waals surface area contributed by atoms with Crippen molar-refractivity contribution in [3.63, 3.8) is 0 Å². The second-order valence-electron chi connectivity index (χ2n) is 10.5. The zero-order chi connectivity index (χ0) is 45.8. The molecule has 0 amide bonds. The molecule has 0 bridgehead atoms. The second-order valence-corrected chi connectivity index (χ2v) is 17.0. The quantitative estimate of drug-likeness (QED) is 0.0332. The zero-order valence-corrected chi connectivity index (χ0v) is 50.1. The fraction of sp³-hybridized carbons (Fsp3) is 0.0690. The molecule has 66 heavy (non-hydrogen) atoms. The van der Waals surface area contributed by atoms with Gasteiger partial charge in [-0.1, -0.05) is 28.0 Å². The summed E-state index contributed by atoms with van der Waals surface area (Å²) in [5, 5.41) is 41.1. The molecule has 5 rings (SSSR count). The minimum absolute atomic E-state index is 0. The Hall–Kier alpha value is -0.381. The maximum Gasteiger partial charge on any atom is 1.00 e. The number of nitrogens with one attached hydrogen (secondary N) is 1. The number of hydrogen-bond donors (Lipinski definition) is 4. The maximum atomic E-state index is 12.2. The monoisotopic (exact) mass is 1130 g/mol. The average molecular weight is 1130 g/mol. The van der Waals surface area contributed by atoms with Crippen LogP contribution in [0.15, 0.2) is 97.0 Å². The predicted octanol–water partition coefficient (Wildman–Crippen LogP) is -12.7. The SMILES string of the molecule is O=S(=O)([O-])O.O=S(=O)=O.O=S(=O)=O.[CH2-]CS(=O)(=O)c1ccc(N=Nc2c(NCS(=O)(=O)[O-])ccc3c(O)c(N=Nc4ccc5c[c-]ccc5c4O)[c-]cc23)c(S(=O)(=O)[O-])c1.[Cu].[Na+].[Na+].[Na+].[Na+].[Na+]. The molecule has 0 aliphatic rings. The Morgan fingerprint density at radius 1 is 0.667 bits per heavy atom. The standard InChI is InChI=1S/C29H22N5O10S3.Cu.5Na.H2O4S.2O3S/c1-2-45(37,38)18-8-12-22(26(15-18)47(42,43)44)31-34-27-20-9-14-25(29(36)21(20)10-13-23(27)30-16-46(39,40)41)33-32-24-11-7-17-5-3-4-6-19(17)28(24)35;;;;;;;1-5(2,3)4;2*1-4(2)3/h4-13,15,30,35-36H,1-2,16H2,(H,39,40,41)(H,42,43,44);;;;;;;(H2,1,2,3,4);;/q-3;;5*+1;;;/p-3. The van der Waals surface area contributed by atoms with Gasteiger partial charge in [0.15, 0.2) is 9.84 Å². The van der Waals surface area contributed by atoms with Gasteiger partial charge in [-0.15, -0.1) is 41.8 Å². The van der Waals surface area contributed by atoms with Gasteiger partial charge >= 0.3 is 169 Å². The van der Waals surface area contributed by atoms with E-state index in [1.165, 1.54) is 24.3 Å².